The summed E-state index contributed by atoms with van der Waals surface area (Å²) < 4.78 is 11.3. The molecule has 0 radical (unpaired) electrons. The predicted octanol–water partition coefficient (Wildman–Crippen LogP) is 3.10. The average molecular weight is 470 g/mol. The summed E-state index contributed by atoms with van der Waals surface area (Å²) in [6.45, 7) is 5.98. The zero-order valence-corrected chi connectivity index (χ0v) is 18.2. The van der Waals surface area contributed by atoms with E-state index in [1.54, 1.807) is 32.9 Å². The minimum Gasteiger partial charge on any atom is -0.444 e. The van der Waals surface area contributed by atoms with Crippen molar-refractivity contribution < 1.29 is 24.0 Å². The Morgan fingerprint density at radius 1 is 1.38 bits per heavy atom. The summed E-state index contributed by atoms with van der Waals surface area (Å²) >= 11 is 3.24. The number of benzene rings is 1. The molecular weight excluding hydrogens is 446 g/mol. The molecule has 0 saturated carbocycles. The highest BCUT2D eigenvalue weighted by molar-refractivity contribution is 9.10. The van der Waals surface area contributed by atoms with Crippen LogP contribution in [0.5, 0.6) is 0 Å². The molecule has 0 aliphatic carbocycles. The predicted molar refractivity (Wildman–Crippen MR) is 107 cm³/mol. The molecule has 9 nitrogen and oxygen atoms in total. The smallest absolute Gasteiger partial charge is 0.410 e. The fourth-order valence-corrected chi connectivity index (χ4v) is 3.91. The number of nitro groups is 1. The Labute approximate surface area is 177 Å². The number of nitrogens with zero attached hydrogens (tertiary/aromatic N) is 2. The third-order valence-corrected chi connectivity index (χ3v) is 5.41. The lowest BCUT2D eigenvalue weighted by atomic mass is 9.86. The Morgan fingerprint density at radius 2 is 2.07 bits per heavy atom. The van der Waals surface area contributed by atoms with E-state index in [1.165, 1.54) is 11.0 Å². The van der Waals surface area contributed by atoms with Crippen molar-refractivity contribution in [2.45, 2.75) is 50.8 Å². The number of hydrogen-bond acceptors (Lipinski definition) is 6. The second-order valence-corrected chi connectivity index (χ2v) is 9.23. The molecule has 2 aliphatic rings. The monoisotopic (exact) mass is 469 g/mol. The van der Waals surface area contributed by atoms with E-state index >= 15 is 0 Å². The summed E-state index contributed by atoms with van der Waals surface area (Å²) in [5.41, 5.74) is -1.38. The van der Waals surface area contributed by atoms with Gasteiger partial charge in [0.1, 0.15) is 17.2 Å². The highest BCUT2D eigenvalue weighted by atomic mass is 79.9. The van der Waals surface area contributed by atoms with Crippen LogP contribution >= 0.6 is 15.9 Å². The first kappa shape index (κ1) is 21.5. The van der Waals surface area contributed by atoms with Crippen LogP contribution in [-0.4, -0.2) is 53.2 Å². The fourth-order valence-electron chi connectivity index (χ4n) is 3.56. The van der Waals surface area contributed by atoms with E-state index in [-0.39, 0.29) is 24.8 Å². The Hall–Kier alpha value is -2.20. The molecule has 1 aromatic rings. The maximum atomic E-state index is 13.1. The largest absolute Gasteiger partial charge is 0.444 e. The minimum absolute atomic E-state index is 0.0987. The molecule has 3 rings (SSSR count). The molecule has 0 unspecified atom stereocenters. The number of carbonyl (C=O) groups is 2. The van der Waals surface area contributed by atoms with Gasteiger partial charge in [-0.05, 0) is 45.7 Å². The van der Waals surface area contributed by atoms with Gasteiger partial charge >= 0.3 is 6.09 Å². The molecule has 1 atom stereocenters. The Bertz CT molecular complexity index is 834. The number of hydrogen-bond donors (Lipinski definition) is 1. The number of amides is 2. The van der Waals surface area contributed by atoms with E-state index < -0.39 is 28.2 Å². The van der Waals surface area contributed by atoms with Crippen molar-refractivity contribution in [1.82, 2.24) is 10.2 Å². The number of ether oxygens (including phenoxy) is 2. The summed E-state index contributed by atoms with van der Waals surface area (Å²) in [6, 6.07) is 4.03. The number of rotatable bonds is 4. The first-order valence-electron chi connectivity index (χ1n) is 9.36. The van der Waals surface area contributed by atoms with Crippen LogP contribution in [0.15, 0.2) is 22.7 Å². The van der Waals surface area contributed by atoms with Crippen LogP contribution in [0.3, 0.4) is 0 Å². The molecule has 29 heavy (non-hydrogen) atoms. The number of likely N-dealkylation sites (tertiary alicyclic amines) is 1. The van der Waals surface area contributed by atoms with Crippen LogP contribution in [0.1, 0.15) is 39.2 Å². The van der Waals surface area contributed by atoms with Crippen molar-refractivity contribution in [2.75, 3.05) is 19.8 Å². The number of nitro benzene ring substituents is 1. The van der Waals surface area contributed by atoms with Gasteiger partial charge < -0.3 is 14.8 Å². The molecule has 2 heterocycles. The van der Waals surface area contributed by atoms with Crippen LogP contribution in [0.4, 0.5) is 10.5 Å². The molecule has 1 aromatic carbocycles. The quantitative estimate of drug-likeness (QED) is 0.535. The van der Waals surface area contributed by atoms with E-state index in [0.717, 1.165) is 0 Å². The maximum absolute atomic E-state index is 13.1. The SMILES string of the molecule is CC(C)(C)OC(=O)N1CCC[C@H]1C(=O)NC1(c2ccc(Br)cc2[N+](=O)[O-])COC1. The molecule has 0 aromatic heterocycles. The zero-order valence-electron chi connectivity index (χ0n) is 16.6. The third kappa shape index (κ3) is 4.53. The zero-order chi connectivity index (χ0) is 21.4. The Morgan fingerprint density at radius 3 is 2.62 bits per heavy atom. The number of carbonyl (C=O) groups excluding carboxylic acids is 2. The van der Waals surface area contributed by atoms with Crippen molar-refractivity contribution in [3.05, 3.63) is 38.3 Å². The van der Waals surface area contributed by atoms with Crippen LogP contribution < -0.4 is 5.32 Å². The molecule has 2 saturated heterocycles. The summed E-state index contributed by atoms with van der Waals surface area (Å²) in [5, 5.41) is 14.5. The Kier molecular flexibility index (Phi) is 5.86. The van der Waals surface area contributed by atoms with Crippen molar-refractivity contribution >= 4 is 33.6 Å². The van der Waals surface area contributed by atoms with Gasteiger partial charge in [-0.1, -0.05) is 15.9 Å². The lowest BCUT2D eigenvalue weighted by Crippen LogP contribution is -2.62. The normalized spacial score (nSPS) is 20.7. The van der Waals surface area contributed by atoms with Crippen molar-refractivity contribution in [3.8, 4) is 0 Å². The van der Waals surface area contributed by atoms with Gasteiger partial charge in [-0.25, -0.2) is 4.79 Å². The lowest BCUT2D eigenvalue weighted by Gasteiger charge is -2.43. The van der Waals surface area contributed by atoms with Crippen LogP contribution in [-0.2, 0) is 19.8 Å². The van der Waals surface area contributed by atoms with Crippen LogP contribution in [0, 0.1) is 10.1 Å². The standard InChI is InChI=1S/C19H24BrN3O6/c1-18(2,3)29-17(25)22-8-4-5-14(22)16(24)21-19(10-28-11-19)13-7-6-12(20)9-15(13)23(26)27/h6-7,9,14H,4-5,8,10-11H2,1-3H3,(H,21,24)/t14-/m0/s1. The second-order valence-electron chi connectivity index (χ2n) is 8.31. The topological polar surface area (TPSA) is 111 Å². The summed E-state index contributed by atoms with van der Waals surface area (Å²) in [4.78, 5) is 38.0. The van der Waals surface area contributed by atoms with E-state index in [9.17, 15) is 19.7 Å². The molecule has 0 bridgehead atoms. The van der Waals surface area contributed by atoms with Gasteiger partial charge in [0.2, 0.25) is 5.91 Å². The van der Waals surface area contributed by atoms with Gasteiger partial charge in [0.15, 0.2) is 0 Å². The molecule has 2 fully saturated rings. The first-order valence-corrected chi connectivity index (χ1v) is 10.2. The van der Waals surface area contributed by atoms with E-state index in [4.69, 9.17) is 9.47 Å². The second kappa shape index (κ2) is 7.91. The minimum atomic E-state index is -0.998. The van der Waals surface area contributed by atoms with Crippen LogP contribution in [0.25, 0.3) is 0 Å². The number of nitrogens with one attached hydrogen (secondary N) is 1. The van der Waals surface area contributed by atoms with E-state index in [2.05, 4.69) is 21.2 Å². The molecular formula is C19H24BrN3O6. The van der Waals surface area contributed by atoms with Gasteiger partial charge in [0.05, 0.1) is 23.7 Å². The summed E-state index contributed by atoms with van der Waals surface area (Å²) in [6.07, 6.45) is 0.646. The lowest BCUT2D eigenvalue weighted by molar-refractivity contribution is -0.386. The van der Waals surface area contributed by atoms with Gasteiger partial charge in [-0.2, -0.15) is 0 Å². The summed E-state index contributed by atoms with van der Waals surface area (Å²) in [7, 11) is 0. The van der Waals surface area contributed by atoms with Crippen molar-refractivity contribution in [2.24, 2.45) is 0 Å². The van der Waals surface area contributed by atoms with Crippen molar-refractivity contribution in [1.29, 1.82) is 0 Å². The van der Waals surface area contributed by atoms with E-state index in [0.29, 0.717) is 29.4 Å². The third-order valence-electron chi connectivity index (χ3n) is 4.91. The average Bonchev–Trinajstić information content (AvgIpc) is 3.06. The summed E-state index contributed by atoms with van der Waals surface area (Å²) in [5.74, 6) is -0.367. The highest BCUT2D eigenvalue weighted by Crippen LogP contribution is 2.37. The van der Waals surface area contributed by atoms with E-state index in [1.807, 2.05) is 0 Å². The fraction of sp³-hybridized carbons (Fsp3) is 0.579. The molecule has 10 heteroatoms. The molecule has 1 N–H and O–H groups in total. The molecule has 2 amide bonds. The molecule has 158 valence electrons. The van der Waals surface area contributed by atoms with Gasteiger partial charge in [-0.3, -0.25) is 19.8 Å². The van der Waals surface area contributed by atoms with Crippen molar-refractivity contribution in [3.63, 3.8) is 0 Å². The first-order chi connectivity index (χ1) is 13.5. The Balaban J connectivity index is 1.82. The highest BCUT2D eigenvalue weighted by Gasteiger charge is 2.48. The number of halogens is 1. The van der Waals surface area contributed by atoms with Gasteiger partial charge in [0.25, 0.3) is 5.69 Å². The maximum Gasteiger partial charge on any atom is 0.410 e. The van der Waals surface area contributed by atoms with Crippen LogP contribution in [0.2, 0.25) is 0 Å². The van der Waals surface area contributed by atoms with Gasteiger partial charge in [0, 0.05) is 17.1 Å². The van der Waals surface area contributed by atoms with Gasteiger partial charge in [-0.15, -0.1) is 0 Å². The molecule has 0 spiro atoms. The molecule has 2 aliphatic heterocycles.